The van der Waals surface area contributed by atoms with E-state index in [-0.39, 0.29) is 11.5 Å². The topological polar surface area (TPSA) is 71.1 Å². The molecule has 0 aliphatic carbocycles. The SMILES string of the molecule is O=C(c1cnc2nc[nH]c2c1)N1CCC2(CCc3ccccc3O2)CC1. The van der Waals surface area contributed by atoms with E-state index in [4.69, 9.17) is 4.74 Å². The van der Waals surface area contributed by atoms with Crippen molar-refractivity contribution in [3.8, 4) is 5.75 Å². The fourth-order valence-electron chi connectivity index (χ4n) is 4.06. The van der Waals surface area contributed by atoms with E-state index in [1.165, 1.54) is 5.56 Å². The average Bonchev–Trinajstić information content (AvgIpc) is 3.16. The number of imidazole rings is 1. The maximum absolute atomic E-state index is 12.8. The lowest BCUT2D eigenvalue weighted by Gasteiger charge is -2.44. The van der Waals surface area contributed by atoms with Gasteiger partial charge in [-0.1, -0.05) is 18.2 Å². The molecule has 0 radical (unpaired) electrons. The summed E-state index contributed by atoms with van der Waals surface area (Å²) < 4.78 is 6.38. The van der Waals surface area contributed by atoms with Crippen LogP contribution in [0.5, 0.6) is 5.75 Å². The largest absolute Gasteiger partial charge is 0.487 e. The van der Waals surface area contributed by atoms with Crippen LogP contribution >= 0.6 is 0 Å². The Hall–Kier alpha value is -2.89. The third-order valence-electron chi connectivity index (χ3n) is 5.63. The monoisotopic (exact) mass is 348 g/mol. The molecule has 1 spiro atoms. The molecule has 3 aromatic rings. The molecule has 1 N–H and O–H groups in total. The molecule has 2 aliphatic rings. The van der Waals surface area contributed by atoms with Gasteiger partial charge < -0.3 is 14.6 Å². The van der Waals surface area contributed by atoms with Gasteiger partial charge in [0.2, 0.25) is 0 Å². The summed E-state index contributed by atoms with van der Waals surface area (Å²) in [6, 6.07) is 10.1. The molecule has 26 heavy (non-hydrogen) atoms. The van der Waals surface area contributed by atoms with E-state index in [0.717, 1.165) is 36.9 Å². The molecule has 0 unspecified atom stereocenters. The molecule has 132 valence electrons. The van der Waals surface area contributed by atoms with Crippen LogP contribution in [-0.4, -0.2) is 44.4 Å². The second-order valence-electron chi connectivity index (χ2n) is 7.18. The van der Waals surface area contributed by atoms with Crippen LogP contribution in [0.2, 0.25) is 0 Å². The zero-order chi connectivity index (χ0) is 17.6. The number of fused-ring (bicyclic) bond motifs is 2. The van der Waals surface area contributed by atoms with E-state index >= 15 is 0 Å². The maximum Gasteiger partial charge on any atom is 0.255 e. The van der Waals surface area contributed by atoms with Gasteiger partial charge in [-0.2, -0.15) is 0 Å². The quantitative estimate of drug-likeness (QED) is 0.734. The van der Waals surface area contributed by atoms with Gasteiger partial charge in [-0.05, 0) is 30.5 Å². The van der Waals surface area contributed by atoms with Crippen LogP contribution in [0.1, 0.15) is 35.2 Å². The van der Waals surface area contributed by atoms with E-state index in [9.17, 15) is 4.79 Å². The van der Waals surface area contributed by atoms with Crippen LogP contribution in [0.3, 0.4) is 0 Å². The molecule has 2 aromatic heterocycles. The number of nitrogens with one attached hydrogen (secondary N) is 1. The second-order valence-corrected chi connectivity index (χ2v) is 7.18. The number of nitrogens with zero attached hydrogens (tertiary/aromatic N) is 3. The van der Waals surface area contributed by atoms with Crippen molar-refractivity contribution in [2.75, 3.05) is 13.1 Å². The molecular weight excluding hydrogens is 328 g/mol. The van der Waals surface area contributed by atoms with Crippen molar-refractivity contribution in [3.05, 3.63) is 54.0 Å². The first kappa shape index (κ1) is 15.4. The fraction of sp³-hybridized carbons (Fsp3) is 0.350. The summed E-state index contributed by atoms with van der Waals surface area (Å²) in [5, 5.41) is 0. The number of para-hydroxylation sites is 1. The minimum Gasteiger partial charge on any atom is -0.487 e. The van der Waals surface area contributed by atoms with E-state index in [0.29, 0.717) is 24.3 Å². The number of piperidine rings is 1. The Bertz CT molecular complexity index is 973. The Labute approximate surface area is 151 Å². The fourth-order valence-corrected chi connectivity index (χ4v) is 4.06. The number of benzene rings is 1. The van der Waals surface area contributed by atoms with Gasteiger partial charge in [0.1, 0.15) is 11.4 Å². The number of hydrogen-bond donors (Lipinski definition) is 1. The van der Waals surface area contributed by atoms with Crippen LogP contribution in [0.4, 0.5) is 0 Å². The zero-order valence-corrected chi connectivity index (χ0v) is 14.4. The normalized spacial score (nSPS) is 18.5. The van der Waals surface area contributed by atoms with Gasteiger partial charge in [0.05, 0.1) is 17.4 Å². The van der Waals surface area contributed by atoms with Crippen LogP contribution < -0.4 is 4.74 Å². The Kier molecular flexibility index (Phi) is 3.45. The lowest BCUT2D eigenvalue weighted by Crippen LogP contribution is -2.51. The molecule has 4 heterocycles. The molecular formula is C20H20N4O2. The number of aromatic nitrogens is 3. The third kappa shape index (κ3) is 2.53. The standard InChI is InChI=1S/C20H20N4O2/c25-19(15-11-16-18(21-12-15)23-13-22-16)24-9-7-20(8-10-24)6-5-14-3-1-2-4-17(14)26-20/h1-4,11-13H,5-10H2,(H,21,22,23). The minimum absolute atomic E-state index is 0.0278. The van der Waals surface area contributed by atoms with Crippen LogP contribution in [0.25, 0.3) is 11.2 Å². The Morgan fingerprint density at radius 1 is 1.15 bits per heavy atom. The van der Waals surface area contributed by atoms with Gasteiger partial charge in [0, 0.05) is 32.1 Å². The molecule has 2 aliphatic heterocycles. The van der Waals surface area contributed by atoms with E-state index in [1.807, 2.05) is 17.0 Å². The highest BCUT2D eigenvalue weighted by Crippen LogP contribution is 2.39. The van der Waals surface area contributed by atoms with Crippen molar-refractivity contribution >= 4 is 17.1 Å². The van der Waals surface area contributed by atoms with Crippen molar-refractivity contribution in [2.45, 2.75) is 31.3 Å². The Morgan fingerprint density at radius 3 is 2.88 bits per heavy atom. The molecule has 0 atom stereocenters. The summed E-state index contributed by atoms with van der Waals surface area (Å²) in [6.45, 7) is 1.42. The summed E-state index contributed by atoms with van der Waals surface area (Å²) in [7, 11) is 0. The molecule has 1 fully saturated rings. The average molecular weight is 348 g/mol. The van der Waals surface area contributed by atoms with Crippen molar-refractivity contribution in [1.82, 2.24) is 19.9 Å². The van der Waals surface area contributed by atoms with E-state index in [1.54, 1.807) is 12.5 Å². The van der Waals surface area contributed by atoms with E-state index < -0.39 is 0 Å². The maximum atomic E-state index is 12.8. The molecule has 1 saturated heterocycles. The summed E-state index contributed by atoms with van der Waals surface area (Å²) in [4.78, 5) is 26.1. The number of likely N-dealkylation sites (tertiary alicyclic amines) is 1. The second kappa shape index (κ2) is 5.83. The first-order chi connectivity index (χ1) is 12.7. The van der Waals surface area contributed by atoms with Crippen molar-refractivity contribution < 1.29 is 9.53 Å². The van der Waals surface area contributed by atoms with E-state index in [2.05, 4.69) is 33.2 Å². The number of carbonyl (C=O) groups excluding carboxylic acids is 1. The first-order valence-corrected chi connectivity index (χ1v) is 9.08. The number of rotatable bonds is 1. The molecule has 0 saturated carbocycles. The number of aromatic amines is 1. The van der Waals surface area contributed by atoms with Gasteiger partial charge in [0.15, 0.2) is 5.65 Å². The van der Waals surface area contributed by atoms with Crippen LogP contribution in [0.15, 0.2) is 42.9 Å². The minimum atomic E-state index is -0.128. The van der Waals surface area contributed by atoms with Gasteiger partial charge in [-0.15, -0.1) is 0 Å². The number of carbonyl (C=O) groups is 1. The van der Waals surface area contributed by atoms with Gasteiger partial charge in [0.25, 0.3) is 5.91 Å². The summed E-state index contributed by atoms with van der Waals surface area (Å²) in [5.74, 6) is 1.03. The highest BCUT2D eigenvalue weighted by Gasteiger charge is 2.40. The van der Waals surface area contributed by atoms with Crippen LogP contribution in [0, 0.1) is 0 Å². The molecule has 5 rings (SSSR count). The number of amides is 1. The molecule has 1 amide bonds. The van der Waals surface area contributed by atoms with Crippen molar-refractivity contribution in [1.29, 1.82) is 0 Å². The Balaban J connectivity index is 1.30. The predicted octanol–water partition coefficient (Wildman–Crippen LogP) is 2.96. The number of hydrogen-bond acceptors (Lipinski definition) is 4. The summed E-state index contributed by atoms with van der Waals surface area (Å²) in [5.41, 5.74) is 3.18. The number of H-pyrrole nitrogens is 1. The van der Waals surface area contributed by atoms with Gasteiger partial charge in [-0.3, -0.25) is 4.79 Å². The molecule has 0 bridgehead atoms. The lowest BCUT2D eigenvalue weighted by molar-refractivity contribution is -0.0106. The predicted molar refractivity (Wildman–Crippen MR) is 97.1 cm³/mol. The number of ether oxygens (including phenoxy) is 1. The third-order valence-corrected chi connectivity index (χ3v) is 5.63. The smallest absolute Gasteiger partial charge is 0.255 e. The molecule has 1 aromatic carbocycles. The number of pyridine rings is 1. The molecule has 6 nitrogen and oxygen atoms in total. The lowest BCUT2D eigenvalue weighted by atomic mass is 9.83. The highest BCUT2D eigenvalue weighted by molar-refractivity contribution is 5.96. The van der Waals surface area contributed by atoms with Crippen molar-refractivity contribution in [2.24, 2.45) is 0 Å². The highest BCUT2D eigenvalue weighted by atomic mass is 16.5. The Morgan fingerprint density at radius 2 is 2.00 bits per heavy atom. The summed E-state index contributed by atoms with van der Waals surface area (Å²) in [6.07, 6.45) is 7.01. The van der Waals surface area contributed by atoms with Gasteiger partial charge >= 0.3 is 0 Å². The zero-order valence-electron chi connectivity index (χ0n) is 14.4. The molecule has 6 heteroatoms. The van der Waals surface area contributed by atoms with Gasteiger partial charge in [-0.25, -0.2) is 9.97 Å². The van der Waals surface area contributed by atoms with Crippen LogP contribution in [-0.2, 0) is 6.42 Å². The first-order valence-electron chi connectivity index (χ1n) is 9.08. The summed E-state index contributed by atoms with van der Waals surface area (Å²) >= 11 is 0. The number of aryl methyl sites for hydroxylation is 1. The van der Waals surface area contributed by atoms with Crippen molar-refractivity contribution in [3.63, 3.8) is 0 Å².